The van der Waals surface area contributed by atoms with Crippen LogP contribution in [0.25, 0.3) is 0 Å². The molecule has 1 aromatic carbocycles. The largest absolute Gasteiger partial charge is 0.486 e. The molecule has 0 amide bonds. The molecule has 0 atom stereocenters. The van der Waals surface area contributed by atoms with E-state index >= 15 is 0 Å². The summed E-state index contributed by atoms with van der Waals surface area (Å²) in [7, 11) is 0. The van der Waals surface area contributed by atoms with Crippen molar-refractivity contribution in [3.05, 3.63) is 35.2 Å². The first-order valence-corrected chi connectivity index (χ1v) is 10.4. The summed E-state index contributed by atoms with van der Waals surface area (Å²) in [5, 5.41) is 6.89. The molecule has 3 aliphatic heterocycles. The topological polar surface area (TPSA) is 62.3 Å². The Morgan fingerprint density at radius 3 is 2.81 bits per heavy atom. The van der Waals surface area contributed by atoms with Crippen molar-refractivity contribution < 1.29 is 4.74 Å². The predicted molar refractivity (Wildman–Crippen MR) is 106 cm³/mol. The molecule has 26 heavy (non-hydrogen) atoms. The fourth-order valence-corrected chi connectivity index (χ4v) is 4.71. The number of thioether (sulfide) groups is 1. The normalized spacial score (nSPS) is 19.5. The maximum absolute atomic E-state index is 6.23. The lowest BCUT2D eigenvalue weighted by atomic mass is 9.92. The van der Waals surface area contributed by atoms with Gasteiger partial charge in [-0.25, -0.2) is 9.97 Å². The van der Waals surface area contributed by atoms with Crippen LogP contribution in [-0.4, -0.2) is 47.7 Å². The van der Waals surface area contributed by atoms with Crippen LogP contribution in [0.3, 0.4) is 0 Å². The molecular weight excluding hydrogens is 346 g/mol. The third kappa shape index (κ3) is 2.79. The fourth-order valence-electron chi connectivity index (χ4n) is 3.81. The summed E-state index contributed by atoms with van der Waals surface area (Å²) in [6.45, 7) is 6.78. The van der Waals surface area contributed by atoms with Gasteiger partial charge in [0.1, 0.15) is 30.3 Å². The third-order valence-electron chi connectivity index (χ3n) is 5.40. The molecule has 7 heteroatoms. The quantitative estimate of drug-likeness (QED) is 0.844. The smallest absolute Gasteiger partial charge is 0.146 e. The van der Waals surface area contributed by atoms with Gasteiger partial charge < -0.3 is 20.3 Å². The Labute approximate surface area is 157 Å². The molecule has 0 unspecified atom stereocenters. The van der Waals surface area contributed by atoms with Crippen molar-refractivity contribution in [2.24, 2.45) is 0 Å². The zero-order chi connectivity index (χ0) is 17.5. The Morgan fingerprint density at radius 1 is 1.19 bits per heavy atom. The summed E-state index contributed by atoms with van der Waals surface area (Å²) in [4.78, 5) is 11.5. The lowest BCUT2D eigenvalue weighted by Gasteiger charge is -2.29. The van der Waals surface area contributed by atoms with Crippen LogP contribution >= 0.6 is 11.8 Å². The van der Waals surface area contributed by atoms with Crippen molar-refractivity contribution in [2.45, 2.75) is 19.4 Å². The molecule has 0 radical (unpaired) electrons. The highest BCUT2D eigenvalue weighted by molar-refractivity contribution is 7.99. The number of rotatable bonds is 2. The van der Waals surface area contributed by atoms with Gasteiger partial charge in [-0.1, -0.05) is 6.07 Å². The second kappa shape index (κ2) is 6.63. The molecule has 2 saturated heterocycles. The lowest BCUT2D eigenvalue weighted by Crippen LogP contribution is -2.39. The molecule has 2 N–H and O–H groups in total. The maximum atomic E-state index is 6.23. The molecule has 136 valence electrons. The Balaban J connectivity index is 1.52. The van der Waals surface area contributed by atoms with Crippen molar-refractivity contribution in [1.29, 1.82) is 0 Å². The molecule has 3 aliphatic rings. The van der Waals surface area contributed by atoms with Gasteiger partial charge >= 0.3 is 0 Å². The summed E-state index contributed by atoms with van der Waals surface area (Å²) >= 11 is 2.00. The van der Waals surface area contributed by atoms with E-state index in [-0.39, 0.29) is 0 Å². The average Bonchev–Trinajstić information content (AvgIpc) is 2.80. The molecule has 5 rings (SSSR count). The number of hydrogen-bond donors (Lipinski definition) is 2. The SMILES string of the molecule is Cc1cc(C2CNC2)cc2c1OCc1c(ncnc1N1CCSCC1)N2. The molecule has 4 heterocycles. The van der Waals surface area contributed by atoms with Crippen LogP contribution < -0.4 is 20.3 Å². The van der Waals surface area contributed by atoms with Gasteiger partial charge in [-0.2, -0.15) is 11.8 Å². The number of nitrogens with one attached hydrogen (secondary N) is 2. The lowest BCUT2D eigenvalue weighted by molar-refractivity contribution is 0.308. The average molecular weight is 369 g/mol. The molecule has 6 nitrogen and oxygen atoms in total. The molecule has 0 spiro atoms. The van der Waals surface area contributed by atoms with E-state index in [1.165, 1.54) is 11.1 Å². The van der Waals surface area contributed by atoms with Crippen molar-refractivity contribution in [3.8, 4) is 5.75 Å². The summed E-state index contributed by atoms with van der Waals surface area (Å²) in [5.74, 6) is 5.69. The number of anilines is 3. The summed E-state index contributed by atoms with van der Waals surface area (Å²) in [6, 6.07) is 4.48. The Morgan fingerprint density at radius 2 is 2.04 bits per heavy atom. The highest BCUT2D eigenvalue weighted by Gasteiger charge is 2.26. The third-order valence-corrected chi connectivity index (χ3v) is 6.34. The molecular formula is C19H23N5OS. The van der Waals surface area contributed by atoms with E-state index < -0.39 is 0 Å². The van der Waals surface area contributed by atoms with Crippen LogP contribution in [0, 0.1) is 6.92 Å². The minimum absolute atomic E-state index is 0.500. The van der Waals surface area contributed by atoms with Crippen LogP contribution in [-0.2, 0) is 6.61 Å². The number of benzene rings is 1. The van der Waals surface area contributed by atoms with E-state index in [0.717, 1.165) is 66.3 Å². The summed E-state index contributed by atoms with van der Waals surface area (Å²) in [6.07, 6.45) is 1.67. The van der Waals surface area contributed by atoms with Crippen LogP contribution in [0.5, 0.6) is 5.75 Å². The molecule has 1 aromatic heterocycles. The van der Waals surface area contributed by atoms with Crippen LogP contribution in [0.15, 0.2) is 18.5 Å². The van der Waals surface area contributed by atoms with Gasteiger partial charge in [0, 0.05) is 43.6 Å². The second-order valence-electron chi connectivity index (χ2n) is 7.11. The minimum atomic E-state index is 0.500. The highest BCUT2D eigenvalue weighted by atomic mass is 32.2. The standard InChI is InChI=1S/C19H23N5OS/c1-12-6-13(14-8-20-9-14)7-16-17(12)25-10-15-18(23-16)21-11-22-19(15)24-2-4-26-5-3-24/h6-7,11,14,20H,2-5,8-10H2,1H3,(H,21,22,23). The van der Waals surface area contributed by atoms with Gasteiger partial charge in [0.15, 0.2) is 0 Å². The van der Waals surface area contributed by atoms with Gasteiger partial charge in [-0.05, 0) is 24.1 Å². The van der Waals surface area contributed by atoms with Crippen molar-refractivity contribution in [2.75, 3.05) is 47.9 Å². The van der Waals surface area contributed by atoms with Crippen molar-refractivity contribution in [3.63, 3.8) is 0 Å². The van der Waals surface area contributed by atoms with E-state index in [2.05, 4.69) is 44.6 Å². The highest BCUT2D eigenvalue weighted by Crippen LogP contribution is 2.40. The Hall–Kier alpha value is -1.99. The number of aromatic nitrogens is 2. The Bertz CT molecular complexity index is 833. The van der Waals surface area contributed by atoms with Gasteiger partial charge in [0.05, 0.1) is 11.3 Å². The van der Waals surface area contributed by atoms with Crippen molar-refractivity contribution in [1.82, 2.24) is 15.3 Å². The number of aryl methyl sites for hydroxylation is 1. The zero-order valence-electron chi connectivity index (χ0n) is 14.9. The van der Waals surface area contributed by atoms with Gasteiger partial charge in [0.2, 0.25) is 0 Å². The number of ether oxygens (including phenoxy) is 1. The van der Waals surface area contributed by atoms with E-state index in [0.29, 0.717) is 12.5 Å². The first-order chi connectivity index (χ1) is 12.8. The first-order valence-electron chi connectivity index (χ1n) is 9.21. The van der Waals surface area contributed by atoms with Crippen LogP contribution in [0.4, 0.5) is 17.3 Å². The molecule has 0 saturated carbocycles. The molecule has 0 bridgehead atoms. The van der Waals surface area contributed by atoms with Crippen LogP contribution in [0.1, 0.15) is 22.6 Å². The van der Waals surface area contributed by atoms with Gasteiger partial charge in [-0.3, -0.25) is 0 Å². The van der Waals surface area contributed by atoms with E-state index in [4.69, 9.17) is 4.74 Å². The number of hydrogen-bond acceptors (Lipinski definition) is 7. The molecule has 2 aromatic rings. The summed E-state index contributed by atoms with van der Waals surface area (Å²) < 4.78 is 6.23. The Kier molecular flexibility index (Phi) is 4.13. The predicted octanol–water partition coefficient (Wildman–Crippen LogP) is 2.66. The monoisotopic (exact) mass is 369 g/mol. The number of fused-ring (bicyclic) bond motifs is 2. The summed E-state index contributed by atoms with van der Waals surface area (Å²) in [5.41, 5.74) is 4.61. The van der Waals surface area contributed by atoms with Gasteiger partial charge in [-0.15, -0.1) is 0 Å². The minimum Gasteiger partial charge on any atom is -0.486 e. The van der Waals surface area contributed by atoms with Crippen LogP contribution in [0.2, 0.25) is 0 Å². The van der Waals surface area contributed by atoms with E-state index in [1.807, 2.05) is 11.8 Å². The van der Waals surface area contributed by atoms with Gasteiger partial charge in [0.25, 0.3) is 0 Å². The fraction of sp³-hybridized carbons (Fsp3) is 0.474. The molecule has 0 aliphatic carbocycles. The zero-order valence-corrected chi connectivity index (χ0v) is 15.7. The van der Waals surface area contributed by atoms with Crippen molar-refractivity contribution >= 4 is 29.1 Å². The second-order valence-corrected chi connectivity index (χ2v) is 8.33. The van der Waals surface area contributed by atoms with E-state index in [9.17, 15) is 0 Å². The van der Waals surface area contributed by atoms with E-state index in [1.54, 1.807) is 6.33 Å². The molecule has 2 fully saturated rings. The maximum Gasteiger partial charge on any atom is 0.146 e. The first kappa shape index (κ1) is 16.2. The number of nitrogens with zero attached hydrogens (tertiary/aromatic N) is 3.